The molecule has 0 radical (unpaired) electrons. The minimum Gasteiger partial charge on any atom is -0.494 e. The van der Waals surface area contributed by atoms with Gasteiger partial charge in [-0.1, -0.05) is 30.3 Å². The van der Waals surface area contributed by atoms with Crippen LogP contribution in [-0.2, 0) is 0 Å². The van der Waals surface area contributed by atoms with Gasteiger partial charge in [0.1, 0.15) is 5.75 Å². The van der Waals surface area contributed by atoms with Crippen LogP contribution in [0.25, 0.3) is 17.1 Å². The maximum Gasteiger partial charge on any atom is 0.255 e. The van der Waals surface area contributed by atoms with Gasteiger partial charge in [-0.2, -0.15) is 0 Å². The van der Waals surface area contributed by atoms with Gasteiger partial charge in [0.2, 0.25) is 5.78 Å². The number of H-pyrrole nitrogens is 1. The van der Waals surface area contributed by atoms with Crippen LogP contribution in [0.3, 0.4) is 0 Å². The number of nitrogens with one attached hydrogen (secondary N) is 2. The predicted octanol–water partition coefficient (Wildman–Crippen LogP) is 5.42. The van der Waals surface area contributed by atoms with Gasteiger partial charge in [0.15, 0.2) is 5.82 Å². The number of aromatic amines is 1. The Morgan fingerprint density at radius 1 is 1.03 bits per heavy atom. The monoisotopic (exact) mass is 425 g/mol. The average molecular weight is 425 g/mol. The summed E-state index contributed by atoms with van der Waals surface area (Å²) in [5.41, 5.74) is 4.67. The fraction of sp³-hybridized carbons (Fsp3) is 0.115. The Labute approximate surface area is 186 Å². The lowest BCUT2D eigenvalue weighted by atomic mass is 10.1. The second kappa shape index (κ2) is 9.31. The van der Waals surface area contributed by atoms with Crippen LogP contribution < -0.4 is 10.1 Å². The maximum absolute atomic E-state index is 12.5. The fourth-order valence-electron chi connectivity index (χ4n) is 3.29. The third-order valence-electron chi connectivity index (χ3n) is 4.97. The van der Waals surface area contributed by atoms with Crippen LogP contribution in [0.1, 0.15) is 39.0 Å². The number of imidazole rings is 1. The molecule has 0 unspecified atom stereocenters. The second-order valence-electron chi connectivity index (χ2n) is 7.29. The Balaban J connectivity index is 1.40. The van der Waals surface area contributed by atoms with Crippen molar-refractivity contribution in [2.24, 2.45) is 0 Å². The van der Waals surface area contributed by atoms with Gasteiger partial charge in [-0.15, -0.1) is 0 Å². The van der Waals surface area contributed by atoms with Crippen molar-refractivity contribution in [1.82, 2.24) is 9.97 Å². The lowest BCUT2D eigenvalue weighted by molar-refractivity contribution is 0.102. The van der Waals surface area contributed by atoms with Gasteiger partial charge in [0, 0.05) is 11.3 Å². The Kier molecular flexibility index (Phi) is 6.12. The van der Waals surface area contributed by atoms with Crippen LogP contribution in [0.5, 0.6) is 5.75 Å². The summed E-state index contributed by atoms with van der Waals surface area (Å²) in [6.07, 6.45) is 3.18. The van der Waals surface area contributed by atoms with E-state index in [1.165, 1.54) is 6.08 Å². The van der Waals surface area contributed by atoms with Gasteiger partial charge in [-0.05, 0) is 73.5 Å². The van der Waals surface area contributed by atoms with E-state index in [4.69, 9.17) is 4.74 Å². The highest BCUT2D eigenvalue weighted by Crippen LogP contribution is 2.18. The molecule has 0 aliphatic rings. The molecule has 4 rings (SSSR count). The number of fused-ring (bicyclic) bond motifs is 1. The van der Waals surface area contributed by atoms with Crippen molar-refractivity contribution in [2.75, 3.05) is 11.9 Å². The molecule has 160 valence electrons. The molecule has 4 aromatic rings. The number of anilines is 1. The molecule has 0 aliphatic carbocycles. The summed E-state index contributed by atoms with van der Waals surface area (Å²) in [6, 6.07) is 20.0. The smallest absolute Gasteiger partial charge is 0.255 e. The van der Waals surface area contributed by atoms with Crippen molar-refractivity contribution in [2.45, 2.75) is 13.8 Å². The summed E-state index contributed by atoms with van der Waals surface area (Å²) >= 11 is 0. The molecular formula is C26H23N3O3. The van der Waals surface area contributed by atoms with Gasteiger partial charge >= 0.3 is 0 Å². The van der Waals surface area contributed by atoms with Crippen LogP contribution in [0.2, 0.25) is 0 Å². The summed E-state index contributed by atoms with van der Waals surface area (Å²) in [5.74, 6) is 0.641. The van der Waals surface area contributed by atoms with Crippen molar-refractivity contribution in [3.63, 3.8) is 0 Å². The molecule has 0 atom stereocenters. The molecule has 32 heavy (non-hydrogen) atoms. The minimum absolute atomic E-state index is 0.210. The number of aromatic nitrogens is 2. The number of hydrogen-bond donors (Lipinski definition) is 2. The third-order valence-corrected chi connectivity index (χ3v) is 4.97. The zero-order chi connectivity index (χ0) is 22.5. The summed E-state index contributed by atoms with van der Waals surface area (Å²) in [4.78, 5) is 32.4. The molecule has 0 spiro atoms. The molecule has 0 saturated heterocycles. The van der Waals surface area contributed by atoms with Crippen LogP contribution in [0.15, 0.2) is 72.8 Å². The molecule has 0 bridgehead atoms. The van der Waals surface area contributed by atoms with Crippen LogP contribution in [0.4, 0.5) is 5.69 Å². The Morgan fingerprint density at radius 3 is 2.47 bits per heavy atom. The number of carbonyl (C=O) groups excluding carboxylic acids is 2. The lowest BCUT2D eigenvalue weighted by Crippen LogP contribution is -2.11. The fourth-order valence-corrected chi connectivity index (χ4v) is 3.29. The van der Waals surface area contributed by atoms with Gasteiger partial charge in [-0.25, -0.2) is 4.98 Å². The summed E-state index contributed by atoms with van der Waals surface area (Å²) in [6.45, 7) is 4.47. The van der Waals surface area contributed by atoms with E-state index in [-0.39, 0.29) is 11.7 Å². The number of ether oxygens (including phenoxy) is 1. The summed E-state index contributed by atoms with van der Waals surface area (Å²) in [5, 5.41) is 2.86. The number of hydrogen-bond acceptors (Lipinski definition) is 4. The number of amides is 1. The molecule has 1 amide bonds. The van der Waals surface area contributed by atoms with Crippen molar-refractivity contribution < 1.29 is 14.3 Å². The van der Waals surface area contributed by atoms with Crippen LogP contribution in [0, 0.1) is 6.92 Å². The van der Waals surface area contributed by atoms with Gasteiger partial charge in [-0.3, -0.25) is 9.59 Å². The highest BCUT2D eigenvalue weighted by Gasteiger charge is 2.10. The first-order valence-corrected chi connectivity index (χ1v) is 10.4. The largest absolute Gasteiger partial charge is 0.494 e. The van der Waals surface area contributed by atoms with Gasteiger partial charge in [0.05, 0.1) is 17.6 Å². The molecule has 0 saturated carbocycles. The second-order valence-corrected chi connectivity index (χ2v) is 7.29. The number of para-hydroxylation sites is 1. The van der Waals surface area contributed by atoms with Crippen molar-refractivity contribution >= 4 is 34.5 Å². The number of rotatable bonds is 7. The predicted molar refractivity (Wildman–Crippen MR) is 126 cm³/mol. The normalized spacial score (nSPS) is 11.1. The van der Waals surface area contributed by atoms with E-state index in [9.17, 15) is 9.59 Å². The van der Waals surface area contributed by atoms with Crippen LogP contribution in [-0.4, -0.2) is 28.3 Å². The number of aryl methyl sites for hydroxylation is 1. The molecular weight excluding hydrogens is 402 g/mol. The third kappa shape index (κ3) is 4.75. The Bertz CT molecular complexity index is 1290. The number of benzene rings is 3. The van der Waals surface area contributed by atoms with E-state index >= 15 is 0 Å². The van der Waals surface area contributed by atoms with Crippen molar-refractivity contribution in [1.29, 1.82) is 0 Å². The quantitative estimate of drug-likeness (QED) is 0.306. The Morgan fingerprint density at radius 2 is 1.78 bits per heavy atom. The number of ketones is 1. The molecule has 6 nitrogen and oxygen atoms in total. The highest BCUT2D eigenvalue weighted by molar-refractivity contribution is 6.06. The van der Waals surface area contributed by atoms with E-state index in [1.54, 1.807) is 42.5 Å². The van der Waals surface area contributed by atoms with Gasteiger partial charge < -0.3 is 15.0 Å². The van der Waals surface area contributed by atoms with E-state index in [1.807, 2.05) is 44.2 Å². The first-order valence-electron chi connectivity index (χ1n) is 10.4. The highest BCUT2D eigenvalue weighted by atomic mass is 16.5. The zero-order valence-electron chi connectivity index (χ0n) is 17.9. The molecule has 1 heterocycles. The van der Waals surface area contributed by atoms with E-state index < -0.39 is 0 Å². The zero-order valence-corrected chi connectivity index (χ0v) is 17.9. The SMILES string of the molecule is CCOc1ccc(NC(=O)c2ccc(C=CC(=O)c3nc4c(C)cccc4[nH]3)cc2)cc1. The summed E-state index contributed by atoms with van der Waals surface area (Å²) in [7, 11) is 0. The Hall–Kier alpha value is -4.19. The number of nitrogens with zero attached hydrogens (tertiary/aromatic N) is 1. The standard InChI is InChI=1S/C26H23N3O3/c1-3-32-21-14-12-20(13-15-21)27-26(31)19-10-7-18(8-11-19)9-16-23(30)25-28-22-6-4-5-17(2)24(22)29-25/h4-16H,3H2,1-2H3,(H,27,31)(H,28,29). The maximum atomic E-state index is 12.5. The average Bonchev–Trinajstić information content (AvgIpc) is 3.25. The minimum atomic E-state index is -0.210. The lowest BCUT2D eigenvalue weighted by Gasteiger charge is -2.07. The molecule has 0 fully saturated rings. The molecule has 0 aliphatic heterocycles. The molecule has 1 aromatic heterocycles. The van der Waals surface area contributed by atoms with Gasteiger partial charge in [0.25, 0.3) is 5.91 Å². The number of allylic oxidation sites excluding steroid dienone is 1. The van der Waals surface area contributed by atoms with Crippen molar-refractivity contribution in [3.05, 3.63) is 95.3 Å². The number of carbonyl (C=O) groups is 2. The van der Waals surface area contributed by atoms with Crippen molar-refractivity contribution in [3.8, 4) is 5.75 Å². The van der Waals surface area contributed by atoms with E-state index in [0.29, 0.717) is 23.7 Å². The molecule has 2 N–H and O–H groups in total. The molecule has 6 heteroatoms. The topological polar surface area (TPSA) is 84.1 Å². The van der Waals surface area contributed by atoms with E-state index in [0.717, 1.165) is 27.9 Å². The first kappa shape index (κ1) is 21.1. The van der Waals surface area contributed by atoms with E-state index in [2.05, 4.69) is 15.3 Å². The first-order chi connectivity index (χ1) is 15.5. The van der Waals surface area contributed by atoms with Crippen LogP contribution >= 0.6 is 0 Å². The molecule has 3 aromatic carbocycles. The summed E-state index contributed by atoms with van der Waals surface area (Å²) < 4.78 is 5.40.